The molecule has 2 aromatic rings. The Morgan fingerprint density at radius 1 is 1.28 bits per heavy atom. The SMILES string of the molecule is Cc1c(C(=O)NC(C)c2ccccc2Br)oc2c1C(=O)CC(C)(C)C2. The van der Waals surface area contributed by atoms with Crippen LogP contribution in [0, 0.1) is 12.3 Å². The minimum absolute atomic E-state index is 0.0606. The number of nitrogens with one attached hydrogen (secondary N) is 1. The molecular formula is C20H22BrNO3. The highest BCUT2D eigenvalue weighted by Crippen LogP contribution is 2.38. The van der Waals surface area contributed by atoms with E-state index in [4.69, 9.17) is 4.42 Å². The summed E-state index contributed by atoms with van der Waals surface area (Å²) < 4.78 is 6.77. The molecule has 1 aromatic heterocycles. The van der Waals surface area contributed by atoms with Crippen molar-refractivity contribution in [2.24, 2.45) is 5.41 Å². The van der Waals surface area contributed by atoms with Gasteiger partial charge in [-0.15, -0.1) is 0 Å². The van der Waals surface area contributed by atoms with Crippen molar-refractivity contribution in [3.8, 4) is 0 Å². The number of halogens is 1. The van der Waals surface area contributed by atoms with Gasteiger partial charge in [0, 0.05) is 22.9 Å². The first-order valence-electron chi connectivity index (χ1n) is 8.40. The van der Waals surface area contributed by atoms with Gasteiger partial charge in [0.05, 0.1) is 11.6 Å². The van der Waals surface area contributed by atoms with Crippen molar-refractivity contribution >= 4 is 27.6 Å². The Kier molecular flexibility index (Phi) is 4.62. The Morgan fingerprint density at radius 2 is 1.96 bits per heavy atom. The van der Waals surface area contributed by atoms with E-state index in [1.165, 1.54) is 0 Å². The highest BCUT2D eigenvalue weighted by atomic mass is 79.9. The van der Waals surface area contributed by atoms with Crippen LogP contribution in [0.25, 0.3) is 0 Å². The molecule has 3 rings (SSSR count). The monoisotopic (exact) mass is 403 g/mol. The Bertz CT molecular complexity index is 851. The first kappa shape index (κ1) is 17.9. The fourth-order valence-corrected chi connectivity index (χ4v) is 4.09. The van der Waals surface area contributed by atoms with Crippen LogP contribution in [-0.2, 0) is 6.42 Å². The number of fused-ring (bicyclic) bond motifs is 1. The maximum atomic E-state index is 12.7. The fourth-order valence-electron chi connectivity index (χ4n) is 3.47. The summed E-state index contributed by atoms with van der Waals surface area (Å²) in [7, 11) is 0. The molecule has 1 N–H and O–H groups in total. The molecule has 1 atom stereocenters. The van der Waals surface area contributed by atoms with Gasteiger partial charge in [-0.3, -0.25) is 9.59 Å². The molecule has 5 heteroatoms. The van der Waals surface area contributed by atoms with Gasteiger partial charge in [-0.1, -0.05) is 48.0 Å². The Balaban J connectivity index is 1.87. The van der Waals surface area contributed by atoms with Crippen LogP contribution < -0.4 is 5.32 Å². The zero-order valence-corrected chi connectivity index (χ0v) is 16.5. The van der Waals surface area contributed by atoms with Gasteiger partial charge >= 0.3 is 0 Å². The lowest BCUT2D eigenvalue weighted by Gasteiger charge is -2.27. The van der Waals surface area contributed by atoms with E-state index in [0.29, 0.717) is 29.7 Å². The van der Waals surface area contributed by atoms with E-state index in [9.17, 15) is 9.59 Å². The molecule has 1 aliphatic rings. The van der Waals surface area contributed by atoms with E-state index >= 15 is 0 Å². The second-order valence-electron chi connectivity index (χ2n) is 7.51. The van der Waals surface area contributed by atoms with Crippen molar-refractivity contribution < 1.29 is 14.0 Å². The quantitative estimate of drug-likeness (QED) is 0.784. The van der Waals surface area contributed by atoms with Crippen molar-refractivity contribution in [2.45, 2.75) is 46.6 Å². The molecule has 1 amide bonds. The van der Waals surface area contributed by atoms with Crippen LogP contribution in [0.4, 0.5) is 0 Å². The second kappa shape index (κ2) is 6.45. The number of rotatable bonds is 3. The third-order valence-electron chi connectivity index (χ3n) is 4.70. The molecule has 0 saturated carbocycles. The first-order valence-corrected chi connectivity index (χ1v) is 9.19. The zero-order valence-electron chi connectivity index (χ0n) is 14.9. The number of hydrogen-bond donors (Lipinski definition) is 1. The van der Waals surface area contributed by atoms with Crippen molar-refractivity contribution in [3.05, 3.63) is 56.9 Å². The molecule has 0 aliphatic heterocycles. The van der Waals surface area contributed by atoms with Crippen LogP contribution in [-0.4, -0.2) is 11.7 Å². The largest absolute Gasteiger partial charge is 0.455 e. The average Bonchev–Trinajstić information content (AvgIpc) is 2.83. The molecule has 1 aliphatic carbocycles. The van der Waals surface area contributed by atoms with E-state index < -0.39 is 0 Å². The summed E-state index contributed by atoms with van der Waals surface area (Å²) in [6.45, 7) is 7.79. The van der Waals surface area contributed by atoms with Crippen LogP contribution in [0.5, 0.6) is 0 Å². The van der Waals surface area contributed by atoms with Gasteiger partial charge in [-0.25, -0.2) is 0 Å². The number of amides is 1. The number of carbonyl (C=O) groups is 2. The molecule has 0 radical (unpaired) electrons. The highest BCUT2D eigenvalue weighted by molar-refractivity contribution is 9.10. The van der Waals surface area contributed by atoms with Crippen LogP contribution in [0.2, 0.25) is 0 Å². The van der Waals surface area contributed by atoms with Crippen LogP contribution in [0.1, 0.15) is 71.0 Å². The third kappa shape index (κ3) is 3.43. The molecule has 4 nitrogen and oxygen atoms in total. The lowest BCUT2D eigenvalue weighted by Crippen LogP contribution is -2.27. The summed E-state index contributed by atoms with van der Waals surface area (Å²) in [6, 6.07) is 7.58. The summed E-state index contributed by atoms with van der Waals surface area (Å²) in [4.78, 5) is 25.2. The number of Topliss-reactive ketones (excluding diaryl/α,β-unsaturated/α-hetero) is 1. The number of furan rings is 1. The Morgan fingerprint density at radius 3 is 2.64 bits per heavy atom. The Labute approximate surface area is 156 Å². The predicted molar refractivity (Wildman–Crippen MR) is 99.9 cm³/mol. The summed E-state index contributed by atoms with van der Waals surface area (Å²) in [5.41, 5.74) is 2.09. The second-order valence-corrected chi connectivity index (χ2v) is 8.37. The maximum absolute atomic E-state index is 12.7. The van der Waals surface area contributed by atoms with Gasteiger partial charge < -0.3 is 9.73 Å². The molecule has 0 bridgehead atoms. The topological polar surface area (TPSA) is 59.3 Å². The smallest absolute Gasteiger partial charge is 0.287 e. The molecule has 1 unspecified atom stereocenters. The van der Waals surface area contributed by atoms with Crippen molar-refractivity contribution in [2.75, 3.05) is 0 Å². The third-order valence-corrected chi connectivity index (χ3v) is 5.42. The van der Waals surface area contributed by atoms with E-state index in [2.05, 4.69) is 21.2 Å². The molecule has 0 fully saturated rings. The number of carbonyl (C=O) groups excluding carboxylic acids is 2. The molecule has 132 valence electrons. The highest BCUT2D eigenvalue weighted by Gasteiger charge is 2.37. The van der Waals surface area contributed by atoms with Crippen molar-refractivity contribution in [1.29, 1.82) is 0 Å². The van der Waals surface area contributed by atoms with Gasteiger partial charge in [-0.2, -0.15) is 0 Å². The van der Waals surface area contributed by atoms with Crippen LogP contribution in [0.3, 0.4) is 0 Å². The summed E-state index contributed by atoms with van der Waals surface area (Å²) in [5.74, 6) is 0.651. The van der Waals surface area contributed by atoms with Gasteiger partial charge in [0.2, 0.25) is 0 Å². The van der Waals surface area contributed by atoms with Crippen LogP contribution in [0.15, 0.2) is 33.2 Å². The fraction of sp³-hybridized carbons (Fsp3) is 0.400. The summed E-state index contributed by atoms with van der Waals surface area (Å²) in [6.07, 6.45) is 1.15. The lowest BCUT2D eigenvalue weighted by atomic mass is 9.76. The van der Waals surface area contributed by atoms with Gasteiger partial charge in [0.1, 0.15) is 5.76 Å². The van der Waals surface area contributed by atoms with Gasteiger partial charge in [-0.05, 0) is 30.9 Å². The standard InChI is InChI=1S/C20H22BrNO3/c1-11-17-15(23)9-20(3,4)10-16(17)25-18(11)19(24)22-12(2)13-7-5-6-8-14(13)21/h5-8,12H,9-10H2,1-4H3,(H,22,24). The van der Waals surface area contributed by atoms with E-state index in [0.717, 1.165) is 10.0 Å². The zero-order chi connectivity index (χ0) is 18.4. The first-order chi connectivity index (χ1) is 11.7. The number of ketones is 1. The average molecular weight is 404 g/mol. The molecule has 1 heterocycles. The summed E-state index contributed by atoms with van der Waals surface area (Å²) >= 11 is 3.50. The van der Waals surface area contributed by atoms with Crippen LogP contribution >= 0.6 is 15.9 Å². The lowest BCUT2D eigenvalue weighted by molar-refractivity contribution is 0.0883. The predicted octanol–water partition coefficient (Wildman–Crippen LogP) is 5.00. The van der Waals surface area contributed by atoms with Gasteiger partial charge in [0.15, 0.2) is 11.5 Å². The number of hydrogen-bond acceptors (Lipinski definition) is 3. The molecule has 0 saturated heterocycles. The molecule has 0 spiro atoms. The van der Waals surface area contributed by atoms with E-state index in [1.807, 2.05) is 45.0 Å². The maximum Gasteiger partial charge on any atom is 0.287 e. The summed E-state index contributed by atoms with van der Waals surface area (Å²) in [5, 5.41) is 2.96. The molecular weight excluding hydrogens is 382 g/mol. The van der Waals surface area contributed by atoms with E-state index in [-0.39, 0.29) is 28.9 Å². The number of benzene rings is 1. The molecule has 25 heavy (non-hydrogen) atoms. The minimum Gasteiger partial charge on any atom is -0.455 e. The molecule has 1 aromatic carbocycles. The Hall–Kier alpha value is -1.88. The normalized spacial score (nSPS) is 17.1. The minimum atomic E-state index is -0.291. The van der Waals surface area contributed by atoms with Crippen molar-refractivity contribution in [3.63, 3.8) is 0 Å². The van der Waals surface area contributed by atoms with Crippen molar-refractivity contribution in [1.82, 2.24) is 5.32 Å². The van der Waals surface area contributed by atoms with Gasteiger partial charge in [0.25, 0.3) is 5.91 Å². The van der Waals surface area contributed by atoms with E-state index in [1.54, 1.807) is 6.92 Å².